The summed E-state index contributed by atoms with van der Waals surface area (Å²) in [4.78, 5) is 2.44. The smallest absolute Gasteiger partial charge is 0.496 e. The van der Waals surface area contributed by atoms with Crippen LogP contribution in [0.4, 0.5) is 13.2 Å². The first kappa shape index (κ1) is 26.3. The molecule has 0 aliphatic heterocycles. The van der Waals surface area contributed by atoms with Gasteiger partial charge in [-0.2, -0.15) is 21.6 Å². The van der Waals surface area contributed by atoms with E-state index in [1.165, 1.54) is 20.9 Å². The van der Waals surface area contributed by atoms with Crippen LogP contribution in [0.2, 0.25) is 0 Å². The van der Waals surface area contributed by atoms with Gasteiger partial charge in [0.15, 0.2) is 0 Å². The molecule has 0 aromatic heterocycles. The first-order chi connectivity index (χ1) is 16.6. The summed E-state index contributed by atoms with van der Waals surface area (Å²) in [6.45, 7) is 0. The van der Waals surface area contributed by atoms with Crippen LogP contribution in [-0.4, -0.2) is 25.6 Å². The van der Waals surface area contributed by atoms with Gasteiger partial charge in [0.25, 0.3) is 0 Å². The molecule has 0 aliphatic rings. The second-order valence-corrected chi connectivity index (χ2v) is 9.61. The fraction of sp³-hybridized carbons (Fsp3) is 0.0769. The van der Waals surface area contributed by atoms with Gasteiger partial charge >= 0.3 is 15.6 Å². The van der Waals surface area contributed by atoms with E-state index in [1.807, 2.05) is 12.1 Å². The van der Waals surface area contributed by atoms with Gasteiger partial charge in [0.1, 0.15) is 5.75 Å². The molecule has 0 heterocycles. The summed E-state index contributed by atoms with van der Waals surface area (Å²) in [6.07, 6.45) is 0. The Bertz CT molecular complexity index is 1340. The minimum atomic E-state index is -5.84. The molecular formula is C26H21F3O4S2. The van der Waals surface area contributed by atoms with Crippen molar-refractivity contribution >= 4 is 21.9 Å². The molecule has 0 amide bonds. The fourth-order valence-corrected chi connectivity index (χ4v) is 4.22. The van der Waals surface area contributed by atoms with Crippen LogP contribution in [0, 0.1) is 0 Å². The number of benzene rings is 4. The third-order valence-electron chi connectivity index (χ3n) is 4.74. The molecule has 9 heteroatoms. The number of methoxy groups -OCH3 is 1. The zero-order valence-electron chi connectivity index (χ0n) is 18.4. The van der Waals surface area contributed by atoms with Gasteiger partial charge in [-0.25, -0.2) is 0 Å². The van der Waals surface area contributed by atoms with Gasteiger partial charge < -0.3 is 4.74 Å². The second kappa shape index (κ2) is 11.4. The summed E-state index contributed by atoms with van der Waals surface area (Å²) in [5, 5.41) is 0. The monoisotopic (exact) mass is 518 g/mol. The van der Waals surface area contributed by atoms with Crippen molar-refractivity contribution in [3.63, 3.8) is 0 Å². The molecule has 1 N–H and O–H groups in total. The Labute approximate surface area is 206 Å². The Morgan fingerprint density at radius 2 is 1.14 bits per heavy atom. The van der Waals surface area contributed by atoms with E-state index in [9.17, 15) is 13.2 Å². The van der Waals surface area contributed by atoms with Crippen LogP contribution < -0.4 is 4.74 Å². The summed E-state index contributed by atoms with van der Waals surface area (Å²) in [5.41, 5.74) is -0.856. The standard InChI is InChI=1S/C25H20OS.CHF3O3S/c1-26-22-17-18-23(27-21-15-9-4-10-16-21)25(20-13-7-3-8-14-20)24(22)19-11-5-2-6-12-19;2-1(3,4)8(5,6)7/h2-18H,1H3;(H,5,6,7). The fourth-order valence-electron chi connectivity index (χ4n) is 3.22. The second-order valence-electron chi connectivity index (χ2n) is 7.08. The van der Waals surface area contributed by atoms with Crippen molar-refractivity contribution in [1.82, 2.24) is 0 Å². The minimum absolute atomic E-state index is 0.887. The molecule has 4 aromatic carbocycles. The van der Waals surface area contributed by atoms with E-state index in [4.69, 9.17) is 17.7 Å². The number of hydrogen-bond donors (Lipinski definition) is 1. The number of hydrogen-bond acceptors (Lipinski definition) is 4. The quantitative estimate of drug-likeness (QED) is 0.218. The van der Waals surface area contributed by atoms with Crippen molar-refractivity contribution in [2.45, 2.75) is 15.3 Å². The lowest BCUT2D eigenvalue weighted by Crippen LogP contribution is -2.21. The predicted octanol–water partition coefficient (Wildman–Crippen LogP) is 7.57. The molecular weight excluding hydrogens is 497 g/mol. The molecule has 0 spiro atoms. The largest absolute Gasteiger partial charge is 0.522 e. The highest BCUT2D eigenvalue weighted by atomic mass is 32.2. The Morgan fingerprint density at radius 1 is 0.714 bits per heavy atom. The number of ether oxygens (including phenoxy) is 1. The first-order valence-electron chi connectivity index (χ1n) is 10.2. The maximum Gasteiger partial charge on any atom is 0.522 e. The Hall–Kier alpha value is -3.27. The van der Waals surface area contributed by atoms with Crippen LogP contribution in [0.15, 0.2) is 113 Å². The Kier molecular flexibility index (Phi) is 8.61. The van der Waals surface area contributed by atoms with Gasteiger partial charge in [0.05, 0.1) is 7.11 Å². The highest BCUT2D eigenvalue weighted by Gasteiger charge is 2.44. The average Bonchev–Trinajstić information content (AvgIpc) is 2.84. The minimum Gasteiger partial charge on any atom is -0.496 e. The van der Waals surface area contributed by atoms with Gasteiger partial charge in [-0.15, -0.1) is 0 Å². The van der Waals surface area contributed by atoms with Gasteiger partial charge in [0.2, 0.25) is 0 Å². The van der Waals surface area contributed by atoms with Crippen molar-refractivity contribution in [1.29, 1.82) is 0 Å². The average molecular weight is 519 g/mol. The number of halogens is 3. The molecule has 0 saturated carbocycles. The summed E-state index contributed by atoms with van der Waals surface area (Å²) in [5.74, 6) is 0.887. The Morgan fingerprint density at radius 3 is 1.57 bits per heavy atom. The first-order valence-corrected chi connectivity index (χ1v) is 12.5. The molecule has 182 valence electrons. The molecule has 4 aromatic rings. The van der Waals surface area contributed by atoms with Crippen LogP contribution in [-0.2, 0) is 10.1 Å². The normalized spacial score (nSPS) is 11.3. The molecule has 0 saturated heterocycles. The molecule has 4 nitrogen and oxygen atoms in total. The summed E-state index contributed by atoms with van der Waals surface area (Å²) >= 11 is 1.78. The molecule has 0 fully saturated rings. The summed E-state index contributed by atoms with van der Waals surface area (Å²) < 4.78 is 63.3. The van der Waals surface area contributed by atoms with E-state index in [0.29, 0.717) is 0 Å². The van der Waals surface area contributed by atoms with Crippen molar-refractivity contribution < 1.29 is 30.9 Å². The van der Waals surface area contributed by atoms with E-state index in [2.05, 4.69) is 91.0 Å². The van der Waals surface area contributed by atoms with E-state index in [0.717, 1.165) is 16.9 Å². The topological polar surface area (TPSA) is 63.6 Å². The van der Waals surface area contributed by atoms with Gasteiger partial charge in [0, 0.05) is 20.9 Å². The lowest BCUT2D eigenvalue weighted by atomic mass is 9.93. The number of alkyl halides is 3. The van der Waals surface area contributed by atoms with E-state index < -0.39 is 15.6 Å². The maximum absolute atomic E-state index is 10.7. The molecule has 0 unspecified atom stereocenters. The molecule has 4 rings (SSSR count). The lowest BCUT2D eigenvalue weighted by molar-refractivity contribution is -0.0510. The van der Waals surface area contributed by atoms with E-state index >= 15 is 0 Å². The molecule has 0 radical (unpaired) electrons. The summed E-state index contributed by atoms with van der Waals surface area (Å²) in [6, 6.07) is 35.7. The number of rotatable bonds is 5. The van der Waals surface area contributed by atoms with Gasteiger partial charge in [-0.1, -0.05) is 90.6 Å². The zero-order chi connectivity index (χ0) is 25.5. The van der Waals surface area contributed by atoms with Crippen molar-refractivity contribution in [2.24, 2.45) is 0 Å². The predicted molar refractivity (Wildman–Crippen MR) is 132 cm³/mol. The molecule has 0 aliphatic carbocycles. The molecule has 35 heavy (non-hydrogen) atoms. The Balaban J connectivity index is 0.000000371. The van der Waals surface area contributed by atoms with E-state index in [-0.39, 0.29) is 0 Å². The van der Waals surface area contributed by atoms with E-state index in [1.54, 1.807) is 18.9 Å². The van der Waals surface area contributed by atoms with Gasteiger partial charge in [-0.3, -0.25) is 4.55 Å². The van der Waals surface area contributed by atoms with Crippen molar-refractivity contribution in [3.05, 3.63) is 103 Å². The third-order valence-corrected chi connectivity index (χ3v) is 6.39. The van der Waals surface area contributed by atoms with Crippen LogP contribution in [0.3, 0.4) is 0 Å². The highest BCUT2D eigenvalue weighted by Crippen LogP contribution is 2.46. The SMILES string of the molecule is COc1ccc(Sc2ccccc2)c(-c2ccccc2)c1-c1ccccc1.O=S(=O)(O)C(F)(F)F. The summed E-state index contributed by atoms with van der Waals surface area (Å²) in [7, 11) is -4.10. The van der Waals surface area contributed by atoms with Crippen LogP contribution in [0.5, 0.6) is 5.75 Å². The zero-order valence-corrected chi connectivity index (χ0v) is 20.1. The molecule has 0 atom stereocenters. The highest BCUT2D eigenvalue weighted by molar-refractivity contribution is 7.99. The molecule has 0 bridgehead atoms. The van der Waals surface area contributed by atoms with Crippen molar-refractivity contribution in [2.75, 3.05) is 7.11 Å². The van der Waals surface area contributed by atoms with Crippen LogP contribution >= 0.6 is 11.8 Å². The van der Waals surface area contributed by atoms with Gasteiger partial charge in [-0.05, 0) is 35.4 Å². The van der Waals surface area contributed by atoms with Crippen LogP contribution in [0.25, 0.3) is 22.3 Å². The third kappa shape index (κ3) is 6.88. The lowest BCUT2D eigenvalue weighted by Gasteiger charge is -2.19. The maximum atomic E-state index is 10.7. The van der Waals surface area contributed by atoms with Crippen molar-refractivity contribution in [3.8, 4) is 28.0 Å². The van der Waals surface area contributed by atoms with Crippen LogP contribution in [0.1, 0.15) is 0 Å².